The van der Waals surface area contributed by atoms with Crippen LogP contribution in [0.3, 0.4) is 0 Å². The van der Waals surface area contributed by atoms with E-state index in [1.54, 1.807) is 23.5 Å². The van der Waals surface area contributed by atoms with Gasteiger partial charge in [0.1, 0.15) is 23.5 Å². The molecule has 0 aromatic heterocycles. The number of hydrogen-bond donors (Lipinski definition) is 0. The molecule has 1 atom stereocenters. The smallest absolute Gasteiger partial charge is 0.426 e. The Morgan fingerprint density at radius 1 is 1.12 bits per heavy atom. The van der Waals surface area contributed by atoms with E-state index in [1.807, 2.05) is 20.8 Å². The molecule has 4 nitrogen and oxygen atoms in total. The Balaban J connectivity index is 2.98. The fourth-order valence-corrected chi connectivity index (χ4v) is 3.81. The average molecular weight is 372 g/mol. The summed E-state index contributed by atoms with van der Waals surface area (Å²) in [5.74, 6) is -0.272. The third kappa shape index (κ3) is 5.24. The number of alkyl halides is 6. The molecule has 0 aliphatic carbocycles. The number of amides is 1. The summed E-state index contributed by atoms with van der Waals surface area (Å²) in [4.78, 5) is 15.0. The van der Waals surface area contributed by atoms with Crippen molar-refractivity contribution in [3.05, 3.63) is 0 Å². The molecular weight excluding hydrogens is 351 g/mol. The maximum absolute atomic E-state index is 12.6. The van der Waals surface area contributed by atoms with Gasteiger partial charge in [-0.05, 0) is 32.1 Å². The minimum Gasteiger partial charge on any atom is -0.426 e. The Morgan fingerprint density at radius 2 is 1.56 bits per heavy atom. The number of carbonyl (C=O) groups excluding carboxylic acids is 1. The van der Waals surface area contributed by atoms with Gasteiger partial charge in [0.2, 0.25) is 0 Å². The molecule has 1 heterocycles. The van der Waals surface area contributed by atoms with Crippen LogP contribution in [0.4, 0.5) is 31.1 Å². The highest BCUT2D eigenvalue weighted by Gasteiger charge is 2.60. The monoisotopic (exact) mass is 372 g/mol. The zero-order valence-corrected chi connectivity index (χ0v) is 15.0. The minimum atomic E-state index is -5.72. The molecule has 0 radical (unpaired) electrons. The first-order chi connectivity index (χ1) is 10.9. The molecule has 1 saturated heterocycles. The van der Waals surface area contributed by atoms with Crippen LogP contribution in [0.1, 0.15) is 20.8 Å². The van der Waals surface area contributed by atoms with Gasteiger partial charge in [-0.15, -0.1) is 0 Å². The van der Waals surface area contributed by atoms with Gasteiger partial charge in [-0.2, -0.15) is 26.3 Å². The Morgan fingerprint density at radius 3 is 1.88 bits per heavy atom. The van der Waals surface area contributed by atoms with Gasteiger partial charge in [0, 0.05) is 18.6 Å². The molecule has 0 spiro atoms. The van der Waals surface area contributed by atoms with Gasteiger partial charge < -0.3 is 14.5 Å². The van der Waals surface area contributed by atoms with Crippen LogP contribution in [-0.2, 0) is 4.74 Å². The topological polar surface area (TPSA) is 32.8 Å². The highest BCUT2D eigenvalue weighted by molar-refractivity contribution is 6.40. The van der Waals surface area contributed by atoms with Crippen LogP contribution >= 0.6 is 0 Å². The lowest BCUT2D eigenvalue weighted by molar-refractivity contribution is -0.308. The van der Waals surface area contributed by atoms with Crippen molar-refractivity contribution in [3.63, 3.8) is 0 Å². The summed E-state index contributed by atoms with van der Waals surface area (Å²) in [5.41, 5.74) is -0.292. The minimum absolute atomic E-state index is 0.0258. The first kappa shape index (κ1) is 22.0. The van der Waals surface area contributed by atoms with E-state index in [0.29, 0.717) is 0 Å². The highest BCUT2D eigenvalue weighted by Crippen LogP contribution is 2.36. The van der Waals surface area contributed by atoms with Crippen molar-refractivity contribution >= 4 is 29.6 Å². The Hall–Kier alpha value is -0.995. The summed E-state index contributed by atoms with van der Waals surface area (Å²) in [6.07, 6.45) is -17.2. The number of halogens is 6. The number of ether oxygens (including phenoxy) is 1. The molecule has 1 rings (SSSR count). The molecule has 1 aliphatic rings. The van der Waals surface area contributed by atoms with Crippen molar-refractivity contribution in [1.29, 1.82) is 0 Å². The Kier molecular flexibility index (Phi) is 5.84. The predicted octanol–water partition coefficient (Wildman–Crippen LogP) is -0.0885. The fourth-order valence-electron chi connectivity index (χ4n) is 3.81. The molecule has 0 bridgehead atoms. The maximum Gasteiger partial charge on any atom is 0.434 e. The van der Waals surface area contributed by atoms with Gasteiger partial charge in [0.05, 0.1) is 0 Å². The lowest BCUT2D eigenvalue weighted by Gasteiger charge is -2.57. The van der Waals surface area contributed by atoms with Crippen molar-refractivity contribution in [2.75, 3.05) is 13.1 Å². The van der Waals surface area contributed by atoms with Crippen molar-refractivity contribution in [1.82, 2.24) is 9.80 Å². The lowest BCUT2D eigenvalue weighted by Crippen LogP contribution is -2.73. The normalized spacial score (nSPS) is 23.0. The molecule has 13 heteroatoms. The molecular formula is C12H21B3F6N2O2. The predicted molar refractivity (Wildman–Crippen MR) is 87.7 cm³/mol. The summed E-state index contributed by atoms with van der Waals surface area (Å²) >= 11 is 0. The Labute approximate surface area is 145 Å². The van der Waals surface area contributed by atoms with E-state index in [-0.39, 0.29) is 24.6 Å². The first-order valence-corrected chi connectivity index (χ1v) is 7.76. The Bertz CT molecular complexity index is 493. The van der Waals surface area contributed by atoms with Gasteiger partial charge in [-0.1, -0.05) is 0 Å². The third-order valence-corrected chi connectivity index (χ3v) is 3.95. The number of nitrogens with zero attached hydrogens (tertiary/aromatic N) is 2. The highest BCUT2D eigenvalue weighted by atomic mass is 19.4. The second kappa shape index (κ2) is 6.62. The summed E-state index contributed by atoms with van der Waals surface area (Å²) in [5, 5.41) is -0.652. The SMILES string of the molecule is BC1CN(C(=O)OC(C(F)(F)F)C(F)(F)F)CC(B)(B)N1C(C)(C)C. The summed E-state index contributed by atoms with van der Waals surface area (Å²) in [6, 6.07) is 0. The first-order valence-electron chi connectivity index (χ1n) is 7.76. The van der Waals surface area contributed by atoms with Crippen molar-refractivity contribution < 1.29 is 35.9 Å². The molecule has 0 aromatic carbocycles. The second-order valence-corrected chi connectivity index (χ2v) is 7.93. The zero-order chi connectivity index (χ0) is 20.0. The number of piperazine rings is 1. The van der Waals surface area contributed by atoms with Crippen LogP contribution < -0.4 is 0 Å². The molecule has 0 saturated carbocycles. The fraction of sp³-hybridized carbons (Fsp3) is 0.917. The van der Waals surface area contributed by atoms with Gasteiger partial charge in [-0.3, -0.25) is 0 Å². The summed E-state index contributed by atoms with van der Waals surface area (Å²) < 4.78 is 79.2. The molecule has 142 valence electrons. The second-order valence-electron chi connectivity index (χ2n) is 7.93. The summed E-state index contributed by atoms with van der Waals surface area (Å²) in [6.45, 7) is 5.77. The van der Waals surface area contributed by atoms with Gasteiger partial charge >= 0.3 is 18.4 Å². The molecule has 1 aliphatic heterocycles. The molecule has 1 fully saturated rings. The van der Waals surface area contributed by atoms with E-state index in [1.165, 1.54) is 0 Å². The summed E-state index contributed by atoms with van der Waals surface area (Å²) in [7, 11) is 5.32. The number of hydrogen-bond acceptors (Lipinski definition) is 3. The lowest BCUT2D eigenvalue weighted by atomic mass is 9.56. The van der Waals surface area contributed by atoms with E-state index in [0.717, 1.165) is 4.90 Å². The van der Waals surface area contributed by atoms with Crippen LogP contribution in [0.2, 0.25) is 0 Å². The third-order valence-electron chi connectivity index (χ3n) is 3.95. The van der Waals surface area contributed by atoms with Gasteiger partial charge in [-0.25, -0.2) is 4.79 Å². The molecule has 1 unspecified atom stereocenters. The molecule has 0 N–H and O–H groups in total. The van der Waals surface area contributed by atoms with Gasteiger partial charge in [0.15, 0.2) is 0 Å². The van der Waals surface area contributed by atoms with E-state index >= 15 is 0 Å². The van der Waals surface area contributed by atoms with Gasteiger partial charge in [0.25, 0.3) is 6.10 Å². The number of carbonyl (C=O) groups is 1. The largest absolute Gasteiger partial charge is 0.434 e. The average Bonchev–Trinajstić information content (AvgIpc) is 2.28. The van der Waals surface area contributed by atoms with Crippen LogP contribution in [0.5, 0.6) is 0 Å². The van der Waals surface area contributed by atoms with Crippen LogP contribution in [-0.4, -0.2) is 87.8 Å². The van der Waals surface area contributed by atoms with Crippen molar-refractivity contribution in [3.8, 4) is 0 Å². The standard InChI is InChI=1S/C12H21B3F6N2O2/c1-9(2,3)23-6(13)4-22(5-10(23,14)15)8(24)25-7(11(16,17)18)12(19,20)21/h6-7H,4-5,13-15H2,1-3H3. The maximum atomic E-state index is 12.6. The zero-order valence-electron chi connectivity index (χ0n) is 15.0. The van der Waals surface area contributed by atoms with E-state index in [2.05, 4.69) is 9.64 Å². The molecule has 0 aromatic rings. The van der Waals surface area contributed by atoms with E-state index in [9.17, 15) is 31.1 Å². The quantitative estimate of drug-likeness (QED) is 0.477. The van der Waals surface area contributed by atoms with Crippen LogP contribution in [0.25, 0.3) is 0 Å². The van der Waals surface area contributed by atoms with Crippen molar-refractivity contribution in [2.45, 2.75) is 56.0 Å². The molecule has 1 amide bonds. The van der Waals surface area contributed by atoms with E-state index < -0.39 is 29.9 Å². The molecule has 25 heavy (non-hydrogen) atoms. The number of rotatable bonds is 1. The van der Waals surface area contributed by atoms with Crippen LogP contribution in [0, 0.1) is 0 Å². The van der Waals surface area contributed by atoms with Crippen LogP contribution in [0.15, 0.2) is 0 Å². The van der Waals surface area contributed by atoms with E-state index in [4.69, 9.17) is 0 Å². The van der Waals surface area contributed by atoms with Crippen molar-refractivity contribution in [2.24, 2.45) is 0 Å².